The van der Waals surface area contributed by atoms with E-state index in [0.717, 1.165) is 22.6 Å². The van der Waals surface area contributed by atoms with E-state index in [1.165, 1.54) is 11.6 Å². The molecule has 4 heteroatoms. The fourth-order valence-corrected chi connectivity index (χ4v) is 2.78. The third-order valence-corrected chi connectivity index (χ3v) is 4.03. The van der Waals surface area contributed by atoms with Crippen molar-refractivity contribution < 1.29 is 4.39 Å². The summed E-state index contributed by atoms with van der Waals surface area (Å²) in [6, 6.07) is 11.2. The van der Waals surface area contributed by atoms with E-state index in [0.29, 0.717) is 17.8 Å². The lowest BCUT2D eigenvalue weighted by Gasteiger charge is -2.13. The molecule has 0 unspecified atom stereocenters. The molecule has 3 aromatic rings. The molecular formula is C17H16ClFN2. The maximum absolute atomic E-state index is 14.0. The predicted octanol–water partition coefficient (Wildman–Crippen LogP) is 4.56. The number of imidazole rings is 1. The molecule has 2 nitrogen and oxygen atoms in total. The quantitative estimate of drug-likeness (QED) is 0.648. The van der Waals surface area contributed by atoms with Gasteiger partial charge in [-0.3, -0.25) is 4.57 Å². The van der Waals surface area contributed by atoms with Gasteiger partial charge in [-0.1, -0.05) is 18.2 Å². The van der Waals surface area contributed by atoms with E-state index in [-0.39, 0.29) is 5.82 Å². The van der Waals surface area contributed by atoms with Crippen LogP contribution < -0.4 is 0 Å². The molecule has 0 amide bonds. The first-order valence-electron chi connectivity index (χ1n) is 6.92. The van der Waals surface area contributed by atoms with Gasteiger partial charge in [-0.25, -0.2) is 9.37 Å². The summed E-state index contributed by atoms with van der Waals surface area (Å²) in [4.78, 5) is 4.45. The smallest absolute Gasteiger partial charge is 0.151 e. The lowest BCUT2D eigenvalue weighted by atomic mass is 10.1. The van der Waals surface area contributed by atoms with Crippen molar-refractivity contribution in [3.8, 4) is 5.69 Å². The first kappa shape index (κ1) is 14.1. The van der Waals surface area contributed by atoms with Crippen LogP contribution in [0.3, 0.4) is 0 Å². The molecule has 0 radical (unpaired) electrons. The summed E-state index contributed by atoms with van der Waals surface area (Å²) in [6.45, 7) is 4.14. The highest BCUT2D eigenvalue weighted by Crippen LogP contribution is 2.27. The third-order valence-electron chi connectivity index (χ3n) is 3.84. The van der Waals surface area contributed by atoms with E-state index < -0.39 is 0 Å². The Morgan fingerprint density at radius 3 is 2.67 bits per heavy atom. The molecule has 0 N–H and O–H groups in total. The van der Waals surface area contributed by atoms with Crippen LogP contribution in [0.1, 0.15) is 17.0 Å². The minimum Gasteiger partial charge on any atom is -0.296 e. The largest absolute Gasteiger partial charge is 0.296 e. The van der Waals surface area contributed by atoms with E-state index in [1.807, 2.05) is 22.8 Å². The van der Waals surface area contributed by atoms with Gasteiger partial charge in [0, 0.05) is 12.3 Å². The monoisotopic (exact) mass is 302 g/mol. The maximum atomic E-state index is 14.0. The van der Waals surface area contributed by atoms with Gasteiger partial charge in [0.2, 0.25) is 0 Å². The Balaban J connectivity index is 2.37. The molecule has 0 aliphatic carbocycles. The van der Waals surface area contributed by atoms with Gasteiger partial charge < -0.3 is 0 Å². The summed E-state index contributed by atoms with van der Waals surface area (Å²) >= 11 is 5.89. The fraction of sp³-hybridized carbons (Fsp3) is 0.235. The average Bonchev–Trinajstić information content (AvgIpc) is 2.82. The molecule has 108 valence electrons. The SMILES string of the molecule is Cc1cccc(-n2c(CCCl)nc3c(F)cccc32)c1C. The van der Waals surface area contributed by atoms with Crippen molar-refractivity contribution in [1.29, 1.82) is 0 Å². The number of alkyl halides is 1. The highest BCUT2D eigenvalue weighted by atomic mass is 35.5. The van der Waals surface area contributed by atoms with Crippen molar-refractivity contribution in [2.75, 3.05) is 5.88 Å². The van der Waals surface area contributed by atoms with Crippen molar-refractivity contribution in [3.63, 3.8) is 0 Å². The second-order valence-electron chi connectivity index (χ2n) is 5.13. The molecule has 2 aromatic carbocycles. The summed E-state index contributed by atoms with van der Waals surface area (Å²) in [7, 11) is 0. The van der Waals surface area contributed by atoms with Gasteiger partial charge in [0.1, 0.15) is 11.3 Å². The highest BCUT2D eigenvalue weighted by Gasteiger charge is 2.16. The Labute approximate surface area is 128 Å². The van der Waals surface area contributed by atoms with Crippen molar-refractivity contribution in [2.45, 2.75) is 20.3 Å². The topological polar surface area (TPSA) is 17.8 Å². The van der Waals surface area contributed by atoms with Gasteiger partial charge >= 0.3 is 0 Å². The number of rotatable bonds is 3. The van der Waals surface area contributed by atoms with Crippen LogP contribution in [-0.2, 0) is 6.42 Å². The molecule has 0 atom stereocenters. The number of hydrogen-bond acceptors (Lipinski definition) is 1. The number of aromatic nitrogens is 2. The maximum Gasteiger partial charge on any atom is 0.151 e. The van der Waals surface area contributed by atoms with Gasteiger partial charge in [0.15, 0.2) is 5.82 Å². The molecule has 0 aliphatic rings. The van der Waals surface area contributed by atoms with Crippen LogP contribution in [0.15, 0.2) is 36.4 Å². The van der Waals surface area contributed by atoms with Crippen LogP contribution in [0, 0.1) is 19.7 Å². The number of aryl methyl sites for hydroxylation is 2. The van der Waals surface area contributed by atoms with Crippen LogP contribution in [0.25, 0.3) is 16.7 Å². The molecule has 1 heterocycles. The average molecular weight is 303 g/mol. The number of benzene rings is 2. The van der Waals surface area contributed by atoms with Crippen molar-refractivity contribution in [1.82, 2.24) is 9.55 Å². The fourth-order valence-electron chi connectivity index (χ4n) is 2.61. The predicted molar refractivity (Wildman–Crippen MR) is 84.9 cm³/mol. The zero-order chi connectivity index (χ0) is 15.0. The first-order chi connectivity index (χ1) is 10.1. The Morgan fingerprint density at radius 1 is 1.14 bits per heavy atom. The van der Waals surface area contributed by atoms with Crippen molar-refractivity contribution in [3.05, 3.63) is 59.2 Å². The Hall–Kier alpha value is -1.87. The number of para-hydroxylation sites is 1. The van der Waals surface area contributed by atoms with Crippen molar-refractivity contribution >= 4 is 22.6 Å². The minimum atomic E-state index is -0.299. The van der Waals surface area contributed by atoms with E-state index in [9.17, 15) is 4.39 Å². The Morgan fingerprint density at radius 2 is 1.90 bits per heavy atom. The van der Waals surface area contributed by atoms with E-state index in [2.05, 4.69) is 24.9 Å². The first-order valence-corrected chi connectivity index (χ1v) is 7.45. The summed E-state index contributed by atoms with van der Waals surface area (Å²) in [5, 5.41) is 0. The van der Waals surface area contributed by atoms with Gasteiger partial charge in [-0.15, -0.1) is 11.6 Å². The van der Waals surface area contributed by atoms with Crippen LogP contribution >= 0.6 is 11.6 Å². The lowest BCUT2D eigenvalue weighted by Crippen LogP contribution is -2.04. The summed E-state index contributed by atoms with van der Waals surface area (Å²) < 4.78 is 16.0. The van der Waals surface area contributed by atoms with Crippen LogP contribution in [0.5, 0.6) is 0 Å². The Bertz CT molecular complexity index is 808. The molecule has 0 bridgehead atoms. The number of fused-ring (bicyclic) bond motifs is 1. The molecule has 1 aromatic heterocycles. The molecule has 21 heavy (non-hydrogen) atoms. The molecule has 0 saturated heterocycles. The number of nitrogens with zero attached hydrogens (tertiary/aromatic N) is 2. The van der Waals surface area contributed by atoms with Crippen LogP contribution in [0.2, 0.25) is 0 Å². The Kier molecular flexibility index (Phi) is 3.68. The second kappa shape index (κ2) is 5.49. The van der Waals surface area contributed by atoms with Gasteiger partial charge in [-0.05, 0) is 43.2 Å². The molecular weight excluding hydrogens is 287 g/mol. The van der Waals surface area contributed by atoms with Gasteiger partial charge in [-0.2, -0.15) is 0 Å². The molecule has 3 rings (SSSR count). The van der Waals surface area contributed by atoms with E-state index in [4.69, 9.17) is 11.6 Å². The zero-order valence-electron chi connectivity index (χ0n) is 12.0. The highest BCUT2D eigenvalue weighted by molar-refractivity contribution is 6.17. The zero-order valence-corrected chi connectivity index (χ0v) is 12.8. The minimum absolute atomic E-state index is 0.299. The summed E-state index contributed by atoms with van der Waals surface area (Å²) in [5.74, 6) is 0.946. The summed E-state index contributed by atoms with van der Waals surface area (Å²) in [6.07, 6.45) is 0.600. The summed E-state index contributed by atoms with van der Waals surface area (Å²) in [5.41, 5.74) is 4.57. The van der Waals surface area contributed by atoms with Gasteiger partial charge in [0.25, 0.3) is 0 Å². The number of halogens is 2. The third kappa shape index (κ3) is 2.32. The second-order valence-corrected chi connectivity index (χ2v) is 5.51. The van der Waals surface area contributed by atoms with Crippen LogP contribution in [-0.4, -0.2) is 15.4 Å². The van der Waals surface area contributed by atoms with Gasteiger partial charge in [0.05, 0.1) is 11.2 Å². The standard InChI is InChI=1S/C17H16ClFN2/c1-11-5-3-7-14(12(11)2)21-15-8-4-6-13(19)17(15)20-16(21)9-10-18/h3-8H,9-10H2,1-2H3. The molecule has 0 aliphatic heterocycles. The van der Waals surface area contributed by atoms with Crippen molar-refractivity contribution in [2.24, 2.45) is 0 Å². The van der Waals surface area contributed by atoms with E-state index >= 15 is 0 Å². The normalized spacial score (nSPS) is 11.2. The number of hydrogen-bond donors (Lipinski definition) is 0. The molecule has 0 spiro atoms. The van der Waals surface area contributed by atoms with Crippen LogP contribution in [0.4, 0.5) is 4.39 Å². The molecule has 0 fully saturated rings. The lowest BCUT2D eigenvalue weighted by molar-refractivity contribution is 0.637. The molecule has 0 saturated carbocycles. The van der Waals surface area contributed by atoms with E-state index in [1.54, 1.807) is 6.07 Å².